The minimum atomic E-state index is -0.266. The maximum absolute atomic E-state index is 12.6. The van der Waals surface area contributed by atoms with Crippen LogP contribution in [0.4, 0.5) is 5.69 Å². The number of thiocarbonyl (C=S) groups is 1. The smallest absolute Gasteiger partial charge is 0.266 e. The molecule has 1 heterocycles. The maximum atomic E-state index is 12.6. The second-order valence-corrected chi connectivity index (χ2v) is 9.11. The lowest BCUT2D eigenvalue weighted by atomic mass is 10.1. The first-order valence-corrected chi connectivity index (χ1v) is 11.7. The first kappa shape index (κ1) is 24.5. The number of carbonyl (C=O) groups excluding carboxylic acids is 2. The number of nitrogens with zero attached hydrogens (tertiary/aromatic N) is 1. The molecule has 8 heteroatoms. The Hall–Kier alpha value is -3.10. The molecule has 3 rings (SSSR count). The van der Waals surface area contributed by atoms with E-state index in [4.69, 9.17) is 21.7 Å². The standard InChI is InChI=1S/C25H26N2O4S2/c1-5-9-27-24(29)22(33-25(27)32)14-18-7-8-20(21(13-18)30-6-2)31-15-23(28)26-19-11-16(3)10-17(4)12-19/h5,7-8,10-14H,1,6,9,15H2,2-4H3,(H,26,28)/b22-14-. The number of amides is 2. The molecule has 6 nitrogen and oxygen atoms in total. The third-order valence-electron chi connectivity index (χ3n) is 4.61. The molecule has 172 valence electrons. The van der Waals surface area contributed by atoms with Gasteiger partial charge >= 0.3 is 0 Å². The summed E-state index contributed by atoms with van der Waals surface area (Å²) in [7, 11) is 0. The fourth-order valence-corrected chi connectivity index (χ4v) is 4.60. The molecule has 1 saturated heterocycles. The molecule has 0 atom stereocenters. The lowest BCUT2D eigenvalue weighted by molar-refractivity contribution is -0.121. The van der Waals surface area contributed by atoms with Crippen LogP contribution in [0.5, 0.6) is 11.5 Å². The van der Waals surface area contributed by atoms with Crippen molar-refractivity contribution >= 4 is 51.9 Å². The number of nitrogens with one attached hydrogen (secondary N) is 1. The van der Waals surface area contributed by atoms with Gasteiger partial charge in [0.25, 0.3) is 11.8 Å². The van der Waals surface area contributed by atoms with Gasteiger partial charge in [-0.15, -0.1) is 6.58 Å². The summed E-state index contributed by atoms with van der Waals surface area (Å²) in [5, 5.41) is 2.85. The van der Waals surface area contributed by atoms with Crippen LogP contribution in [-0.2, 0) is 9.59 Å². The van der Waals surface area contributed by atoms with Crippen molar-refractivity contribution in [2.45, 2.75) is 20.8 Å². The van der Waals surface area contributed by atoms with Crippen LogP contribution in [0.1, 0.15) is 23.6 Å². The van der Waals surface area contributed by atoms with Gasteiger partial charge in [0.05, 0.1) is 11.5 Å². The number of benzene rings is 2. The van der Waals surface area contributed by atoms with E-state index in [-0.39, 0.29) is 18.4 Å². The minimum Gasteiger partial charge on any atom is -0.490 e. The molecule has 1 N–H and O–H groups in total. The van der Waals surface area contributed by atoms with Gasteiger partial charge in [0, 0.05) is 12.2 Å². The van der Waals surface area contributed by atoms with Crippen LogP contribution < -0.4 is 14.8 Å². The topological polar surface area (TPSA) is 67.9 Å². The molecular weight excluding hydrogens is 456 g/mol. The predicted octanol–water partition coefficient (Wildman–Crippen LogP) is 5.11. The summed E-state index contributed by atoms with van der Waals surface area (Å²) in [6.45, 7) is 10.1. The number of aryl methyl sites for hydroxylation is 2. The van der Waals surface area contributed by atoms with Crippen molar-refractivity contribution in [2.75, 3.05) is 25.1 Å². The number of rotatable bonds is 9. The van der Waals surface area contributed by atoms with Gasteiger partial charge in [-0.2, -0.15) is 0 Å². The van der Waals surface area contributed by atoms with Crippen LogP contribution in [-0.4, -0.2) is 40.8 Å². The number of carbonyl (C=O) groups is 2. The Balaban J connectivity index is 1.71. The van der Waals surface area contributed by atoms with E-state index < -0.39 is 0 Å². The summed E-state index contributed by atoms with van der Waals surface area (Å²) in [6.07, 6.45) is 3.41. The number of thioether (sulfide) groups is 1. The highest BCUT2D eigenvalue weighted by Gasteiger charge is 2.31. The average Bonchev–Trinajstić information content (AvgIpc) is 3.00. The van der Waals surface area contributed by atoms with Crippen LogP contribution in [0.2, 0.25) is 0 Å². The summed E-state index contributed by atoms with van der Waals surface area (Å²) in [6, 6.07) is 11.2. The first-order valence-electron chi connectivity index (χ1n) is 10.4. The summed E-state index contributed by atoms with van der Waals surface area (Å²) in [4.78, 5) is 27.0. The number of hydrogen-bond donors (Lipinski definition) is 1. The molecule has 1 aliphatic heterocycles. The largest absolute Gasteiger partial charge is 0.490 e. The quantitative estimate of drug-likeness (QED) is 0.304. The van der Waals surface area contributed by atoms with E-state index >= 15 is 0 Å². The van der Waals surface area contributed by atoms with Crippen molar-refractivity contribution in [3.63, 3.8) is 0 Å². The summed E-state index contributed by atoms with van der Waals surface area (Å²) in [5.74, 6) is 0.527. The average molecular weight is 483 g/mol. The summed E-state index contributed by atoms with van der Waals surface area (Å²) < 4.78 is 11.9. The molecule has 0 bridgehead atoms. The fourth-order valence-electron chi connectivity index (χ4n) is 3.33. The lowest BCUT2D eigenvalue weighted by Gasteiger charge is -2.13. The van der Waals surface area contributed by atoms with E-state index in [0.717, 1.165) is 22.4 Å². The van der Waals surface area contributed by atoms with Crippen molar-refractivity contribution in [3.05, 3.63) is 70.6 Å². The second kappa shape index (κ2) is 11.2. The van der Waals surface area contributed by atoms with Crippen LogP contribution in [0.25, 0.3) is 6.08 Å². The van der Waals surface area contributed by atoms with Gasteiger partial charge in [-0.05, 0) is 67.8 Å². The molecule has 0 spiro atoms. The van der Waals surface area contributed by atoms with Crippen LogP contribution >= 0.6 is 24.0 Å². The van der Waals surface area contributed by atoms with Crippen molar-refractivity contribution in [3.8, 4) is 11.5 Å². The van der Waals surface area contributed by atoms with E-state index in [9.17, 15) is 9.59 Å². The lowest BCUT2D eigenvalue weighted by Crippen LogP contribution is -2.27. The van der Waals surface area contributed by atoms with E-state index in [1.165, 1.54) is 16.7 Å². The molecular formula is C25H26N2O4S2. The van der Waals surface area contributed by atoms with Crippen molar-refractivity contribution in [2.24, 2.45) is 0 Å². The number of hydrogen-bond acceptors (Lipinski definition) is 6. The van der Waals surface area contributed by atoms with Gasteiger partial charge in [-0.25, -0.2) is 0 Å². The van der Waals surface area contributed by atoms with Crippen LogP contribution in [0.15, 0.2) is 54.0 Å². The fraction of sp³-hybridized carbons (Fsp3) is 0.240. The SMILES string of the molecule is C=CCN1C(=O)/C(=C/c2ccc(OCC(=O)Nc3cc(C)cc(C)c3)c(OCC)c2)SC1=S. The van der Waals surface area contributed by atoms with E-state index in [1.807, 2.05) is 39.0 Å². The molecule has 33 heavy (non-hydrogen) atoms. The highest BCUT2D eigenvalue weighted by molar-refractivity contribution is 8.26. The molecule has 0 saturated carbocycles. The number of anilines is 1. The van der Waals surface area contributed by atoms with Crippen molar-refractivity contribution in [1.82, 2.24) is 4.90 Å². The Kier molecular flexibility index (Phi) is 8.30. The second-order valence-electron chi connectivity index (χ2n) is 7.43. The Morgan fingerprint density at radius 1 is 1.15 bits per heavy atom. The van der Waals surface area contributed by atoms with E-state index in [2.05, 4.69) is 11.9 Å². The van der Waals surface area contributed by atoms with Gasteiger partial charge in [0.1, 0.15) is 4.32 Å². The molecule has 1 aliphatic rings. The Labute approximate surface area is 203 Å². The van der Waals surface area contributed by atoms with Gasteiger partial charge in [0.15, 0.2) is 18.1 Å². The zero-order valence-electron chi connectivity index (χ0n) is 18.8. The zero-order valence-corrected chi connectivity index (χ0v) is 20.5. The summed E-state index contributed by atoms with van der Waals surface area (Å²) >= 11 is 6.53. The van der Waals surface area contributed by atoms with E-state index in [0.29, 0.717) is 33.9 Å². The third kappa shape index (κ3) is 6.46. The molecule has 1 fully saturated rings. The molecule has 2 amide bonds. The normalized spacial score (nSPS) is 14.5. The molecule has 0 aliphatic carbocycles. The number of ether oxygens (including phenoxy) is 2. The maximum Gasteiger partial charge on any atom is 0.266 e. The Morgan fingerprint density at radius 2 is 1.88 bits per heavy atom. The van der Waals surface area contributed by atoms with E-state index in [1.54, 1.807) is 30.4 Å². The Bertz CT molecular complexity index is 1110. The predicted molar refractivity (Wildman–Crippen MR) is 138 cm³/mol. The van der Waals surface area contributed by atoms with Gasteiger partial charge in [-0.1, -0.05) is 42.2 Å². The monoisotopic (exact) mass is 482 g/mol. The third-order valence-corrected chi connectivity index (χ3v) is 5.99. The van der Waals surface area contributed by atoms with Crippen LogP contribution in [0, 0.1) is 13.8 Å². The zero-order chi connectivity index (χ0) is 24.0. The molecule has 0 aromatic heterocycles. The first-order chi connectivity index (χ1) is 15.8. The van der Waals surface area contributed by atoms with Crippen LogP contribution in [0.3, 0.4) is 0 Å². The Morgan fingerprint density at radius 3 is 2.55 bits per heavy atom. The van der Waals surface area contributed by atoms with Gasteiger partial charge in [-0.3, -0.25) is 14.5 Å². The molecule has 2 aromatic carbocycles. The van der Waals surface area contributed by atoms with Gasteiger partial charge in [0.2, 0.25) is 0 Å². The van der Waals surface area contributed by atoms with Crippen molar-refractivity contribution < 1.29 is 19.1 Å². The van der Waals surface area contributed by atoms with Crippen molar-refractivity contribution in [1.29, 1.82) is 0 Å². The highest BCUT2D eigenvalue weighted by atomic mass is 32.2. The van der Waals surface area contributed by atoms with Gasteiger partial charge < -0.3 is 14.8 Å². The minimum absolute atomic E-state index is 0.147. The molecule has 0 radical (unpaired) electrons. The summed E-state index contributed by atoms with van der Waals surface area (Å²) in [5.41, 5.74) is 3.64. The molecule has 2 aromatic rings. The highest BCUT2D eigenvalue weighted by Crippen LogP contribution is 2.34. The molecule has 0 unspecified atom stereocenters.